The van der Waals surface area contributed by atoms with Crippen molar-refractivity contribution in [1.29, 1.82) is 5.26 Å². The lowest BCUT2D eigenvalue weighted by molar-refractivity contribution is -0.0273. The minimum absolute atomic E-state index is 0.0877. The third-order valence-corrected chi connectivity index (χ3v) is 6.30. The highest BCUT2D eigenvalue weighted by molar-refractivity contribution is 9.10. The number of hydrogen-bond acceptors (Lipinski definition) is 6. The van der Waals surface area contributed by atoms with Crippen molar-refractivity contribution in [2.45, 2.75) is 13.8 Å². The number of fused-ring (bicyclic) bond motifs is 1. The molecule has 6 nitrogen and oxygen atoms in total. The summed E-state index contributed by atoms with van der Waals surface area (Å²) in [6, 6.07) is 20.3. The summed E-state index contributed by atoms with van der Waals surface area (Å²) in [4.78, 5) is 16.1. The van der Waals surface area contributed by atoms with Gasteiger partial charge < -0.3 is 14.8 Å². The molecule has 0 saturated carbocycles. The second kappa shape index (κ2) is 13.2. The second-order valence-corrected chi connectivity index (χ2v) is 9.10. The molecule has 0 radical (unpaired) electrons. The van der Waals surface area contributed by atoms with Gasteiger partial charge in [0.1, 0.15) is 11.8 Å². The Bertz CT molecular complexity index is 1420. The fourth-order valence-electron chi connectivity index (χ4n) is 3.17. The molecule has 9 heteroatoms. The number of carbonyl (C=O) groups excluding carboxylic acids is 1. The maximum Gasteiger partial charge on any atom is 0.342 e. The summed E-state index contributed by atoms with van der Waals surface area (Å²) < 4.78 is 11.1. The van der Waals surface area contributed by atoms with Crippen molar-refractivity contribution in [3.05, 3.63) is 98.2 Å². The highest BCUT2D eigenvalue weighted by Gasteiger charge is 2.15. The molecule has 0 unspecified atom stereocenters. The van der Waals surface area contributed by atoms with Crippen molar-refractivity contribution in [1.82, 2.24) is 4.98 Å². The average Bonchev–Trinajstić information content (AvgIpc) is 2.89. The summed E-state index contributed by atoms with van der Waals surface area (Å²) in [5.41, 5.74) is 2.85. The van der Waals surface area contributed by atoms with Gasteiger partial charge in [-0.25, -0.2) is 9.78 Å². The number of nitrogens with zero attached hydrogens (tertiary/aromatic N) is 2. The summed E-state index contributed by atoms with van der Waals surface area (Å²) in [6.07, 6.45) is 1.65. The zero-order valence-electron chi connectivity index (χ0n) is 19.5. The minimum Gasteiger partial charge on any atom is -0.435 e. The predicted molar refractivity (Wildman–Crippen MR) is 147 cm³/mol. The molecule has 0 aliphatic rings. The van der Waals surface area contributed by atoms with Gasteiger partial charge in [-0.15, -0.1) is 0 Å². The smallest absolute Gasteiger partial charge is 0.342 e. The predicted octanol–water partition coefficient (Wildman–Crippen LogP) is 8.07. The first-order valence-electron chi connectivity index (χ1n) is 10.9. The van der Waals surface area contributed by atoms with Crippen LogP contribution in [0.4, 0.5) is 11.4 Å². The number of benzene rings is 3. The molecular formula is C27H22BrCl2N3O3. The Balaban J connectivity index is 0.000000233. The van der Waals surface area contributed by atoms with E-state index in [0.717, 1.165) is 20.8 Å². The van der Waals surface area contributed by atoms with E-state index < -0.39 is 5.97 Å². The number of esters is 1. The van der Waals surface area contributed by atoms with E-state index in [0.29, 0.717) is 39.3 Å². The zero-order valence-corrected chi connectivity index (χ0v) is 22.6. The molecule has 0 amide bonds. The first-order chi connectivity index (χ1) is 17.3. The van der Waals surface area contributed by atoms with Crippen LogP contribution in [0.25, 0.3) is 10.8 Å². The number of anilines is 2. The van der Waals surface area contributed by atoms with Crippen LogP contribution in [-0.2, 0) is 9.47 Å². The first kappa shape index (κ1) is 27.4. The number of para-hydroxylation sites is 1. The second-order valence-electron chi connectivity index (χ2n) is 7.40. The molecule has 0 spiro atoms. The molecule has 0 aliphatic carbocycles. The summed E-state index contributed by atoms with van der Waals surface area (Å²) in [5.74, 6) is -0.485. The number of pyridine rings is 1. The Kier molecular flexibility index (Phi) is 10.1. The molecule has 0 bridgehead atoms. The van der Waals surface area contributed by atoms with E-state index in [4.69, 9.17) is 37.9 Å². The van der Waals surface area contributed by atoms with E-state index in [2.05, 4.69) is 32.3 Å². The molecule has 0 fully saturated rings. The number of nitrogens with one attached hydrogen (secondary N) is 1. The number of aromatic nitrogens is 1. The van der Waals surface area contributed by atoms with E-state index >= 15 is 0 Å². The third-order valence-electron chi connectivity index (χ3n) is 5.00. The fourth-order valence-corrected chi connectivity index (χ4v) is 4.01. The highest BCUT2D eigenvalue weighted by Crippen LogP contribution is 2.36. The maximum absolute atomic E-state index is 12.2. The van der Waals surface area contributed by atoms with Crippen LogP contribution in [0.5, 0.6) is 0 Å². The SMILES string of the molecule is CCOCOC(=O)c1ccccc1Nc1c(Cl)ccc(C)c1Cl.N#Cc1nccc2cc(Br)ccc12. The van der Waals surface area contributed by atoms with Crippen molar-refractivity contribution in [2.24, 2.45) is 0 Å². The molecule has 184 valence electrons. The van der Waals surface area contributed by atoms with Gasteiger partial charge in [-0.3, -0.25) is 0 Å². The monoisotopic (exact) mass is 585 g/mol. The number of ether oxygens (including phenoxy) is 2. The summed E-state index contributed by atoms with van der Waals surface area (Å²) in [6.45, 7) is 4.09. The molecular weight excluding hydrogens is 565 g/mol. The first-order valence-corrected chi connectivity index (χ1v) is 12.4. The van der Waals surface area contributed by atoms with Crippen molar-refractivity contribution >= 4 is 67.2 Å². The van der Waals surface area contributed by atoms with Crippen LogP contribution in [0, 0.1) is 18.3 Å². The molecule has 0 aliphatic heterocycles. The van der Waals surface area contributed by atoms with Gasteiger partial charge in [-0.2, -0.15) is 5.26 Å². The van der Waals surface area contributed by atoms with Gasteiger partial charge in [-0.1, -0.05) is 63.4 Å². The van der Waals surface area contributed by atoms with E-state index in [9.17, 15) is 4.79 Å². The summed E-state index contributed by atoms with van der Waals surface area (Å²) >= 11 is 15.9. The van der Waals surface area contributed by atoms with Crippen LogP contribution in [0.2, 0.25) is 10.0 Å². The maximum atomic E-state index is 12.2. The lowest BCUT2D eigenvalue weighted by atomic mass is 10.1. The van der Waals surface area contributed by atoms with E-state index in [1.807, 2.05) is 44.2 Å². The van der Waals surface area contributed by atoms with Crippen LogP contribution in [0.3, 0.4) is 0 Å². The van der Waals surface area contributed by atoms with Crippen LogP contribution in [-0.4, -0.2) is 24.4 Å². The Hall–Kier alpha value is -3.15. The molecule has 4 rings (SSSR count). The third kappa shape index (κ3) is 6.96. The number of hydrogen-bond donors (Lipinski definition) is 1. The van der Waals surface area contributed by atoms with Gasteiger partial charge >= 0.3 is 5.97 Å². The molecule has 36 heavy (non-hydrogen) atoms. The number of aryl methyl sites for hydroxylation is 1. The molecule has 1 N–H and O–H groups in total. The largest absolute Gasteiger partial charge is 0.435 e. The van der Waals surface area contributed by atoms with Gasteiger partial charge in [0.05, 0.1) is 27.0 Å². The standard InChI is InChI=1S/C17H17Cl2NO3.C10H5BrN2/c1-3-22-10-23-17(21)12-6-4-5-7-14(12)20-16-13(18)9-8-11(2)15(16)19;11-8-1-2-9-7(5-8)3-4-13-10(9)6-12/h4-9,20H,3,10H2,1-2H3;1-5H. The van der Waals surface area contributed by atoms with Crippen LogP contribution < -0.4 is 5.32 Å². The van der Waals surface area contributed by atoms with E-state index in [-0.39, 0.29) is 6.79 Å². The average molecular weight is 587 g/mol. The molecule has 0 saturated heterocycles. The normalized spacial score (nSPS) is 10.2. The van der Waals surface area contributed by atoms with Gasteiger partial charge in [0, 0.05) is 22.7 Å². The van der Waals surface area contributed by atoms with E-state index in [1.165, 1.54) is 0 Å². The quantitative estimate of drug-likeness (QED) is 0.140. The topological polar surface area (TPSA) is 84.2 Å². The number of rotatable bonds is 6. The van der Waals surface area contributed by atoms with Crippen molar-refractivity contribution in [2.75, 3.05) is 18.7 Å². The summed E-state index contributed by atoms with van der Waals surface area (Å²) in [5, 5.41) is 14.8. The lowest BCUT2D eigenvalue weighted by Crippen LogP contribution is -2.11. The minimum atomic E-state index is -0.485. The number of nitriles is 1. The van der Waals surface area contributed by atoms with Crippen molar-refractivity contribution in [3.63, 3.8) is 0 Å². The lowest BCUT2D eigenvalue weighted by Gasteiger charge is -2.15. The molecule has 1 aromatic heterocycles. The Morgan fingerprint density at radius 1 is 1.14 bits per heavy atom. The van der Waals surface area contributed by atoms with E-state index in [1.54, 1.807) is 36.5 Å². The molecule has 4 aromatic rings. The number of carbonyl (C=O) groups is 1. The van der Waals surface area contributed by atoms with Crippen molar-refractivity contribution in [3.8, 4) is 6.07 Å². The number of halogens is 3. The molecule has 3 aromatic carbocycles. The van der Waals surface area contributed by atoms with Crippen LogP contribution in [0.15, 0.2) is 71.3 Å². The van der Waals surface area contributed by atoms with Crippen molar-refractivity contribution < 1.29 is 14.3 Å². The Morgan fingerprint density at radius 2 is 1.92 bits per heavy atom. The summed E-state index contributed by atoms with van der Waals surface area (Å²) in [7, 11) is 0. The zero-order chi connectivity index (χ0) is 26.1. The highest BCUT2D eigenvalue weighted by atomic mass is 79.9. The van der Waals surface area contributed by atoms with Gasteiger partial charge in [0.15, 0.2) is 6.79 Å². The van der Waals surface area contributed by atoms with Gasteiger partial charge in [-0.05, 0) is 61.2 Å². The van der Waals surface area contributed by atoms with Crippen LogP contribution >= 0.6 is 39.1 Å². The fraction of sp³-hybridized carbons (Fsp3) is 0.148. The van der Waals surface area contributed by atoms with Gasteiger partial charge in [0.25, 0.3) is 0 Å². The molecule has 0 atom stereocenters. The van der Waals surface area contributed by atoms with Crippen LogP contribution in [0.1, 0.15) is 28.5 Å². The van der Waals surface area contributed by atoms with Gasteiger partial charge in [0.2, 0.25) is 0 Å². The Morgan fingerprint density at radius 3 is 2.67 bits per heavy atom. The molecule has 1 heterocycles. The Labute approximate surface area is 227 Å².